The molecule has 0 aromatic heterocycles. The molecule has 0 radical (unpaired) electrons. The second-order valence-electron chi connectivity index (χ2n) is 5.66. The first kappa shape index (κ1) is 18.3. The maximum absolute atomic E-state index is 13.2. The van der Waals surface area contributed by atoms with Gasteiger partial charge < -0.3 is 15.2 Å². The predicted molar refractivity (Wildman–Crippen MR) is 97.8 cm³/mol. The normalized spacial score (nSPS) is 13.4. The van der Waals surface area contributed by atoms with Crippen molar-refractivity contribution in [2.75, 3.05) is 25.1 Å². The Bertz CT molecular complexity index is 991. The summed E-state index contributed by atoms with van der Waals surface area (Å²) in [4.78, 5) is 11.5. The number of benzene rings is 2. The maximum Gasteiger partial charge on any atom is 0.268 e. The molecule has 26 heavy (non-hydrogen) atoms. The number of hydrogen-bond acceptors (Lipinski definition) is 5. The quantitative estimate of drug-likeness (QED) is 0.835. The second-order valence-corrected chi connectivity index (χ2v) is 7.93. The third-order valence-electron chi connectivity index (χ3n) is 4.22. The van der Waals surface area contributed by atoms with Crippen molar-refractivity contribution in [2.45, 2.75) is 11.3 Å². The topological polar surface area (TPSA) is 98.9 Å². The number of hydrogen-bond donors (Lipinski definition) is 1. The van der Waals surface area contributed by atoms with Crippen LogP contribution < -0.4 is 19.5 Å². The van der Waals surface area contributed by atoms with Crippen molar-refractivity contribution in [3.63, 3.8) is 0 Å². The van der Waals surface area contributed by atoms with E-state index < -0.39 is 15.9 Å². The van der Waals surface area contributed by atoms with Crippen molar-refractivity contribution in [2.24, 2.45) is 5.73 Å². The third kappa shape index (κ3) is 2.95. The van der Waals surface area contributed by atoms with Crippen LogP contribution in [0.2, 0.25) is 5.02 Å². The number of carbonyl (C=O) groups excluding carboxylic acids is 1. The number of methoxy groups -OCH3 is 2. The molecule has 0 aliphatic carbocycles. The molecule has 2 N–H and O–H groups in total. The molecule has 0 bridgehead atoms. The van der Waals surface area contributed by atoms with Crippen molar-refractivity contribution in [1.82, 2.24) is 0 Å². The summed E-state index contributed by atoms with van der Waals surface area (Å²) < 4.78 is 38.2. The van der Waals surface area contributed by atoms with E-state index in [-0.39, 0.29) is 27.8 Å². The lowest BCUT2D eigenvalue weighted by Gasteiger charge is -2.22. The van der Waals surface area contributed by atoms with E-state index in [9.17, 15) is 13.2 Å². The number of rotatable bonds is 5. The first-order chi connectivity index (χ1) is 12.3. The molecule has 138 valence electrons. The number of fused-ring (bicyclic) bond motifs is 1. The highest BCUT2D eigenvalue weighted by molar-refractivity contribution is 7.93. The minimum Gasteiger partial charge on any atom is -0.496 e. The Hall–Kier alpha value is -2.45. The van der Waals surface area contributed by atoms with E-state index in [2.05, 4.69) is 0 Å². The fourth-order valence-corrected chi connectivity index (χ4v) is 4.89. The lowest BCUT2D eigenvalue weighted by Crippen LogP contribution is -2.29. The summed E-state index contributed by atoms with van der Waals surface area (Å²) >= 11 is 5.98. The van der Waals surface area contributed by atoms with Crippen molar-refractivity contribution < 1.29 is 22.7 Å². The van der Waals surface area contributed by atoms with Crippen LogP contribution in [0.5, 0.6) is 11.5 Å². The second kappa shape index (κ2) is 6.69. The van der Waals surface area contributed by atoms with Crippen LogP contribution >= 0.6 is 11.6 Å². The molecule has 7 nitrogen and oxygen atoms in total. The molecular formula is C17H17ClN2O5S. The van der Waals surface area contributed by atoms with Crippen LogP contribution in [0.25, 0.3) is 0 Å². The van der Waals surface area contributed by atoms with Crippen molar-refractivity contribution in [3.05, 3.63) is 46.5 Å². The van der Waals surface area contributed by atoms with Gasteiger partial charge in [-0.3, -0.25) is 9.10 Å². The molecule has 0 atom stereocenters. The maximum atomic E-state index is 13.2. The van der Waals surface area contributed by atoms with E-state index in [0.29, 0.717) is 23.4 Å². The molecule has 2 aromatic carbocycles. The number of nitrogens with zero attached hydrogens (tertiary/aromatic N) is 1. The summed E-state index contributed by atoms with van der Waals surface area (Å²) in [6.07, 6.45) is 0.444. The summed E-state index contributed by atoms with van der Waals surface area (Å²) in [6.45, 7) is 0.200. The number of sulfonamides is 1. The number of amides is 1. The van der Waals surface area contributed by atoms with Gasteiger partial charge in [0, 0.05) is 22.7 Å². The van der Waals surface area contributed by atoms with Crippen molar-refractivity contribution in [1.29, 1.82) is 0 Å². The zero-order chi connectivity index (χ0) is 19.1. The first-order valence-electron chi connectivity index (χ1n) is 7.66. The molecule has 2 aromatic rings. The largest absolute Gasteiger partial charge is 0.496 e. The Morgan fingerprint density at radius 1 is 1.15 bits per heavy atom. The lowest BCUT2D eigenvalue weighted by atomic mass is 10.1. The molecular weight excluding hydrogens is 380 g/mol. The van der Waals surface area contributed by atoms with Gasteiger partial charge in [-0.1, -0.05) is 11.6 Å². The van der Waals surface area contributed by atoms with Gasteiger partial charge in [-0.15, -0.1) is 0 Å². The van der Waals surface area contributed by atoms with Gasteiger partial charge in [0.15, 0.2) is 0 Å². The van der Waals surface area contributed by atoms with Crippen LogP contribution in [0.3, 0.4) is 0 Å². The zero-order valence-corrected chi connectivity index (χ0v) is 15.7. The fourth-order valence-electron chi connectivity index (χ4n) is 2.98. The summed E-state index contributed by atoms with van der Waals surface area (Å²) in [7, 11) is -1.13. The van der Waals surface area contributed by atoms with Gasteiger partial charge in [-0.2, -0.15) is 0 Å². The molecule has 1 aliphatic heterocycles. The summed E-state index contributed by atoms with van der Waals surface area (Å²) in [5, 5.41) is 0.271. The van der Waals surface area contributed by atoms with Crippen LogP contribution in [0.4, 0.5) is 5.69 Å². The average molecular weight is 397 g/mol. The number of primary amides is 1. The fraction of sp³-hybridized carbons (Fsp3) is 0.235. The monoisotopic (exact) mass is 396 g/mol. The Kier molecular flexibility index (Phi) is 4.72. The number of halogens is 1. The average Bonchev–Trinajstić information content (AvgIpc) is 3.05. The van der Waals surface area contributed by atoms with Gasteiger partial charge in [0.1, 0.15) is 16.4 Å². The Morgan fingerprint density at radius 3 is 2.46 bits per heavy atom. The number of anilines is 1. The number of ether oxygens (including phenoxy) is 2. The van der Waals surface area contributed by atoms with Crippen LogP contribution in [0.1, 0.15) is 15.9 Å². The zero-order valence-electron chi connectivity index (χ0n) is 14.2. The molecule has 9 heteroatoms. The van der Waals surface area contributed by atoms with Gasteiger partial charge >= 0.3 is 0 Å². The smallest absolute Gasteiger partial charge is 0.268 e. The highest BCUT2D eigenvalue weighted by Crippen LogP contribution is 2.41. The lowest BCUT2D eigenvalue weighted by molar-refractivity contribution is 0.1000. The molecule has 0 fully saturated rings. The van der Waals surface area contributed by atoms with Gasteiger partial charge in [0.2, 0.25) is 5.91 Å². The SMILES string of the molecule is COc1ccc(Cl)cc1S(=O)(=O)N1CCc2c(OC)cc(C(N)=O)cc21. The van der Waals surface area contributed by atoms with Crippen molar-refractivity contribution >= 4 is 33.2 Å². The van der Waals surface area contributed by atoms with E-state index >= 15 is 0 Å². The van der Waals surface area contributed by atoms with Gasteiger partial charge in [0.05, 0.1) is 19.9 Å². The molecule has 1 aliphatic rings. The number of nitrogens with two attached hydrogens (primary N) is 1. The van der Waals surface area contributed by atoms with E-state index in [1.807, 2.05) is 0 Å². The van der Waals surface area contributed by atoms with E-state index in [1.54, 1.807) is 6.07 Å². The van der Waals surface area contributed by atoms with Crippen LogP contribution in [-0.2, 0) is 16.4 Å². The standard InChI is InChI=1S/C17H17ClN2O5S/c1-24-14-4-3-11(18)9-16(14)26(22,23)20-6-5-12-13(20)7-10(17(19)21)8-15(12)25-2/h3-4,7-9H,5-6H2,1-2H3,(H2,19,21). The van der Waals surface area contributed by atoms with Gasteiger partial charge in [-0.25, -0.2) is 8.42 Å². The van der Waals surface area contributed by atoms with E-state index in [1.165, 1.54) is 42.8 Å². The van der Waals surface area contributed by atoms with Crippen LogP contribution in [0, 0.1) is 0 Å². The molecule has 1 amide bonds. The number of carbonyl (C=O) groups is 1. The minimum atomic E-state index is -3.97. The Balaban J connectivity index is 2.18. The molecule has 1 heterocycles. The molecule has 3 rings (SSSR count). The summed E-state index contributed by atoms with van der Waals surface area (Å²) in [5.41, 5.74) is 6.59. The molecule has 0 saturated carbocycles. The molecule has 0 unspecified atom stereocenters. The van der Waals surface area contributed by atoms with Gasteiger partial charge in [0.25, 0.3) is 10.0 Å². The van der Waals surface area contributed by atoms with Crippen LogP contribution in [0.15, 0.2) is 35.2 Å². The van der Waals surface area contributed by atoms with E-state index in [0.717, 1.165) is 0 Å². The summed E-state index contributed by atoms with van der Waals surface area (Å²) in [5.74, 6) is -0.0661. The van der Waals surface area contributed by atoms with Gasteiger partial charge in [-0.05, 0) is 36.8 Å². The first-order valence-corrected chi connectivity index (χ1v) is 9.48. The van der Waals surface area contributed by atoms with E-state index in [4.69, 9.17) is 26.8 Å². The summed E-state index contributed by atoms with van der Waals surface area (Å²) in [6, 6.07) is 7.35. The third-order valence-corrected chi connectivity index (χ3v) is 6.29. The minimum absolute atomic E-state index is 0.0520. The Morgan fingerprint density at radius 2 is 1.85 bits per heavy atom. The highest BCUT2D eigenvalue weighted by Gasteiger charge is 2.35. The highest BCUT2D eigenvalue weighted by atomic mass is 35.5. The predicted octanol–water partition coefficient (Wildman–Crippen LogP) is 2.21. The molecule has 0 saturated heterocycles. The molecule has 0 spiro atoms. The Labute approximate surface area is 156 Å². The van der Waals surface area contributed by atoms with Crippen LogP contribution in [-0.4, -0.2) is 35.1 Å². The van der Waals surface area contributed by atoms with Crippen molar-refractivity contribution in [3.8, 4) is 11.5 Å².